The van der Waals surface area contributed by atoms with Gasteiger partial charge in [-0.1, -0.05) is 23.6 Å². The Morgan fingerprint density at radius 3 is 2.50 bits per heavy atom. The molecule has 0 aliphatic carbocycles. The number of rotatable bonds is 3. The number of amides is 1. The Kier molecular flexibility index (Phi) is 6.03. The first kappa shape index (κ1) is 14.3. The number of carbonyl (C=O) groups is 2. The molecule has 1 N–H and O–H groups in total. The Bertz CT molecular complexity index is 483. The number of nitrogens with one attached hydrogen (secondary N) is 1. The van der Waals surface area contributed by atoms with Crippen LogP contribution < -0.4 is 5.32 Å². The van der Waals surface area contributed by atoms with E-state index in [9.17, 15) is 9.59 Å². The van der Waals surface area contributed by atoms with E-state index in [1.54, 1.807) is 26.1 Å². The summed E-state index contributed by atoms with van der Waals surface area (Å²) in [7, 11) is 1.60. The summed E-state index contributed by atoms with van der Waals surface area (Å²) in [4.78, 5) is 22.0. The largest absolute Gasteiger partial charge is 0.355 e. The van der Waals surface area contributed by atoms with Crippen LogP contribution in [0, 0.1) is 11.8 Å². The third-order valence-electron chi connectivity index (χ3n) is 2.14. The molecule has 0 aliphatic heterocycles. The van der Waals surface area contributed by atoms with E-state index >= 15 is 0 Å². The summed E-state index contributed by atoms with van der Waals surface area (Å²) in [6, 6.07) is 7.12. The van der Waals surface area contributed by atoms with Gasteiger partial charge in [0.15, 0.2) is 5.12 Å². The Balaban J connectivity index is 2.51. The van der Waals surface area contributed by atoms with Crippen LogP contribution in [0.1, 0.15) is 29.3 Å². The molecular weight excluding hydrogens is 246 g/mol. The molecule has 1 amide bonds. The van der Waals surface area contributed by atoms with E-state index in [0.29, 0.717) is 12.0 Å². The number of carbonyl (C=O) groups excluding carboxylic acids is 2. The van der Waals surface area contributed by atoms with Gasteiger partial charge in [-0.05, 0) is 24.3 Å². The standard InChI is InChI=1S/C14H15NO2S/c1-11(16)18-10-4-3-5-12-6-8-13(9-7-12)14(17)15-2/h6-9H,4,10H2,1-2H3,(H,15,17). The lowest BCUT2D eigenvalue weighted by molar-refractivity contribution is -0.109. The molecule has 1 rings (SSSR count). The highest BCUT2D eigenvalue weighted by atomic mass is 32.2. The fourth-order valence-corrected chi connectivity index (χ4v) is 1.75. The topological polar surface area (TPSA) is 46.2 Å². The Labute approximate surface area is 111 Å². The second-order valence-corrected chi connectivity index (χ2v) is 4.82. The summed E-state index contributed by atoms with van der Waals surface area (Å²) in [5.74, 6) is 6.61. The summed E-state index contributed by atoms with van der Waals surface area (Å²) < 4.78 is 0. The molecule has 0 saturated heterocycles. The van der Waals surface area contributed by atoms with Crippen LogP contribution in [-0.4, -0.2) is 23.8 Å². The molecular formula is C14H15NO2S. The van der Waals surface area contributed by atoms with Crippen molar-refractivity contribution in [3.8, 4) is 11.8 Å². The summed E-state index contributed by atoms with van der Waals surface area (Å²) >= 11 is 1.28. The maximum Gasteiger partial charge on any atom is 0.251 e. The molecule has 3 nitrogen and oxygen atoms in total. The molecule has 0 atom stereocenters. The van der Waals surface area contributed by atoms with E-state index in [0.717, 1.165) is 11.3 Å². The second kappa shape index (κ2) is 7.57. The first-order valence-corrected chi connectivity index (χ1v) is 6.56. The lowest BCUT2D eigenvalue weighted by atomic mass is 10.1. The molecule has 0 aliphatic rings. The fraction of sp³-hybridized carbons (Fsp3) is 0.286. The molecule has 4 heteroatoms. The minimum absolute atomic E-state index is 0.104. The van der Waals surface area contributed by atoms with Crippen molar-refractivity contribution in [3.63, 3.8) is 0 Å². The van der Waals surface area contributed by atoms with Crippen molar-refractivity contribution >= 4 is 22.8 Å². The molecule has 0 bridgehead atoms. The van der Waals surface area contributed by atoms with Crippen molar-refractivity contribution in [1.82, 2.24) is 5.32 Å². The van der Waals surface area contributed by atoms with Gasteiger partial charge in [-0.3, -0.25) is 9.59 Å². The van der Waals surface area contributed by atoms with Crippen molar-refractivity contribution in [2.75, 3.05) is 12.8 Å². The predicted molar refractivity (Wildman–Crippen MR) is 74.5 cm³/mol. The second-order valence-electron chi connectivity index (χ2n) is 3.55. The molecule has 0 fully saturated rings. The zero-order valence-electron chi connectivity index (χ0n) is 10.4. The van der Waals surface area contributed by atoms with Crippen LogP contribution in [0.5, 0.6) is 0 Å². The molecule has 0 radical (unpaired) electrons. The third kappa shape index (κ3) is 5.07. The van der Waals surface area contributed by atoms with E-state index < -0.39 is 0 Å². The van der Waals surface area contributed by atoms with Gasteiger partial charge in [-0.15, -0.1) is 0 Å². The summed E-state index contributed by atoms with van der Waals surface area (Å²) in [6.07, 6.45) is 0.682. The average molecular weight is 261 g/mol. The molecule has 0 aromatic heterocycles. The van der Waals surface area contributed by atoms with Crippen LogP contribution in [0.3, 0.4) is 0 Å². The SMILES string of the molecule is CNC(=O)c1ccc(C#CCCSC(C)=O)cc1. The van der Waals surface area contributed by atoms with Gasteiger partial charge in [0.1, 0.15) is 0 Å². The van der Waals surface area contributed by atoms with E-state index in [1.807, 2.05) is 12.1 Å². The normalized spacial score (nSPS) is 9.22. The highest BCUT2D eigenvalue weighted by Gasteiger charge is 2.00. The van der Waals surface area contributed by atoms with Crippen molar-refractivity contribution in [2.24, 2.45) is 0 Å². The quantitative estimate of drug-likeness (QED) is 0.669. The van der Waals surface area contributed by atoms with Gasteiger partial charge >= 0.3 is 0 Å². The highest BCUT2D eigenvalue weighted by molar-refractivity contribution is 8.13. The molecule has 0 spiro atoms. The number of hydrogen-bond acceptors (Lipinski definition) is 3. The Morgan fingerprint density at radius 2 is 1.94 bits per heavy atom. The van der Waals surface area contributed by atoms with Crippen LogP contribution in [0.25, 0.3) is 0 Å². The molecule has 0 unspecified atom stereocenters. The predicted octanol–water partition coefficient (Wildman–Crippen LogP) is 2.07. The third-order valence-corrected chi connectivity index (χ3v) is 2.95. The smallest absolute Gasteiger partial charge is 0.251 e. The average Bonchev–Trinajstić information content (AvgIpc) is 2.38. The van der Waals surface area contributed by atoms with Crippen molar-refractivity contribution in [1.29, 1.82) is 0 Å². The fourth-order valence-electron chi connectivity index (χ4n) is 1.26. The lowest BCUT2D eigenvalue weighted by Gasteiger charge is -1.98. The number of hydrogen-bond donors (Lipinski definition) is 1. The lowest BCUT2D eigenvalue weighted by Crippen LogP contribution is -2.17. The van der Waals surface area contributed by atoms with Gasteiger partial charge in [0.2, 0.25) is 0 Å². The molecule has 0 saturated carbocycles. The van der Waals surface area contributed by atoms with Gasteiger partial charge in [-0.2, -0.15) is 0 Å². The summed E-state index contributed by atoms with van der Waals surface area (Å²) in [5.41, 5.74) is 1.49. The molecule has 1 aromatic carbocycles. The van der Waals surface area contributed by atoms with Gasteiger partial charge in [0, 0.05) is 37.3 Å². The summed E-state index contributed by atoms with van der Waals surface area (Å²) in [6.45, 7) is 1.55. The maximum atomic E-state index is 11.3. The van der Waals surface area contributed by atoms with E-state index in [1.165, 1.54) is 11.8 Å². The first-order chi connectivity index (χ1) is 8.63. The van der Waals surface area contributed by atoms with Gasteiger partial charge in [-0.25, -0.2) is 0 Å². The Morgan fingerprint density at radius 1 is 1.28 bits per heavy atom. The van der Waals surface area contributed by atoms with Gasteiger partial charge in [0.25, 0.3) is 5.91 Å². The number of benzene rings is 1. The minimum atomic E-state index is -0.104. The molecule has 94 valence electrons. The van der Waals surface area contributed by atoms with Crippen LogP contribution >= 0.6 is 11.8 Å². The molecule has 18 heavy (non-hydrogen) atoms. The number of thioether (sulfide) groups is 1. The summed E-state index contributed by atoms with van der Waals surface area (Å²) in [5, 5.41) is 2.68. The van der Waals surface area contributed by atoms with Crippen LogP contribution in [0.15, 0.2) is 24.3 Å². The van der Waals surface area contributed by atoms with E-state index in [-0.39, 0.29) is 11.0 Å². The van der Waals surface area contributed by atoms with Crippen LogP contribution in [0.4, 0.5) is 0 Å². The van der Waals surface area contributed by atoms with Crippen molar-refractivity contribution < 1.29 is 9.59 Å². The Hall–Kier alpha value is -1.73. The van der Waals surface area contributed by atoms with Crippen molar-refractivity contribution in [3.05, 3.63) is 35.4 Å². The zero-order chi connectivity index (χ0) is 13.4. The highest BCUT2D eigenvalue weighted by Crippen LogP contribution is 2.04. The van der Waals surface area contributed by atoms with Crippen LogP contribution in [0.2, 0.25) is 0 Å². The minimum Gasteiger partial charge on any atom is -0.355 e. The molecule has 1 aromatic rings. The van der Waals surface area contributed by atoms with Gasteiger partial charge in [0.05, 0.1) is 0 Å². The maximum absolute atomic E-state index is 11.3. The zero-order valence-corrected chi connectivity index (χ0v) is 11.3. The van der Waals surface area contributed by atoms with Crippen molar-refractivity contribution in [2.45, 2.75) is 13.3 Å². The van der Waals surface area contributed by atoms with Gasteiger partial charge < -0.3 is 5.32 Å². The van der Waals surface area contributed by atoms with Crippen LogP contribution in [-0.2, 0) is 4.79 Å². The first-order valence-electron chi connectivity index (χ1n) is 5.58. The van der Waals surface area contributed by atoms with E-state index in [2.05, 4.69) is 17.2 Å². The monoisotopic (exact) mass is 261 g/mol. The van der Waals surface area contributed by atoms with E-state index in [4.69, 9.17) is 0 Å². The molecule has 0 heterocycles.